The average Bonchev–Trinajstić information content (AvgIpc) is 2.42. The van der Waals surface area contributed by atoms with Gasteiger partial charge in [-0.2, -0.15) is 0 Å². The Labute approximate surface area is 116 Å². The molecule has 0 amide bonds. The number of carbonyl (C=O) groups is 1. The molecular formula is C15H16N2O3. The van der Waals surface area contributed by atoms with Crippen LogP contribution in [0.5, 0.6) is 0 Å². The third-order valence-electron chi connectivity index (χ3n) is 3.13. The highest BCUT2D eigenvalue weighted by molar-refractivity contribution is 5.87. The Bertz CT molecular complexity index is 705. The molecule has 0 aliphatic carbocycles. The minimum atomic E-state index is -0.977. The number of benzene rings is 1. The molecule has 1 aromatic carbocycles. The van der Waals surface area contributed by atoms with E-state index < -0.39 is 5.97 Å². The number of aryl methyl sites for hydroxylation is 2. The smallest absolute Gasteiger partial charge is 0.335 e. The summed E-state index contributed by atoms with van der Waals surface area (Å²) < 4.78 is 1.54. The van der Waals surface area contributed by atoms with Crippen molar-refractivity contribution in [1.29, 1.82) is 0 Å². The number of carboxylic acids is 1. The van der Waals surface area contributed by atoms with Crippen molar-refractivity contribution in [3.63, 3.8) is 0 Å². The molecule has 1 heterocycles. The van der Waals surface area contributed by atoms with E-state index in [1.165, 1.54) is 12.1 Å². The topological polar surface area (TPSA) is 72.2 Å². The second-order valence-corrected chi connectivity index (χ2v) is 4.58. The fourth-order valence-corrected chi connectivity index (χ4v) is 2.04. The van der Waals surface area contributed by atoms with Crippen molar-refractivity contribution in [1.82, 2.24) is 9.55 Å². The highest BCUT2D eigenvalue weighted by Gasteiger charge is 2.07. The first-order chi connectivity index (χ1) is 9.51. The van der Waals surface area contributed by atoms with E-state index in [0.717, 1.165) is 11.3 Å². The standard InChI is InChI=1S/C15H16N2O3/c1-3-13-8-14(18)17(10(2)16-13)9-11-5-4-6-12(7-11)15(19)20/h4-8H,3,9H2,1-2H3,(H,19,20). The van der Waals surface area contributed by atoms with Crippen molar-refractivity contribution in [2.45, 2.75) is 26.8 Å². The Morgan fingerprint density at radius 3 is 2.70 bits per heavy atom. The van der Waals surface area contributed by atoms with E-state index in [0.29, 0.717) is 18.8 Å². The van der Waals surface area contributed by atoms with E-state index >= 15 is 0 Å². The first kappa shape index (κ1) is 14.0. The summed E-state index contributed by atoms with van der Waals surface area (Å²) in [7, 11) is 0. The lowest BCUT2D eigenvalue weighted by Crippen LogP contribution is -2.24. The maximum atomic E-state index is 12.0. The second-order valence-electron chi connectivity index (χ2n) is 4.58. The minimum absolute atomic E-state index is 0.116. The first-order valence-electron chi connectivity index (χ1n) is 6.41. The summed E-state index contributed by atoms with van der Waals surface area (Å²) in [5, 5.41) is 8.97. The van der Waals surface area contributed by atoms with Crippen molar-refractivity contribution in [3.05, 3.63) is 63.3 Å². The number of carboxylic acid groups (broad SMARTS) is 1. The first-order valence-corrected chi connectivity index (χ1v) is 6.41. The third-order valence-corrected chi connectivity index (χ3v) is 3.13. The Hall–Kier alpha value is -2.43. The average molecular weight is 272 g/mol. The van der Waals surface area contributed by atoms with Crippen LogP contribution in [0.3, 0.4) is 0 Å². The van der Waals surface area contributed by atoms with Gasteiger partial charge in [0, 0.05) is 11.8 Å². The Balaban J connectivity index is 2.38. The molecule has 0 fully saturated rings. The molecule has 0 spiro atoms. The Kier molecular flexibility index (Phi) is 3.98. The molecule has 2 aromatic rings. The van der Waals surface area contributed by atoms with Gasteiger partial charge < -0.3 is 5.11 Å². The molecule has 0 atom stereocenters. The number of hydrogen-bond donors (Lipinski definition) is 1. The van der Waals surface area contributed by atoms with E-state index in [9.17, 15) is 9.59 Å². The lowest BCUT2D eigenvalue weighted by atomic mass is 10.1. The zero-order chi connectivity index (χ0) is 14.7. The number of hydrogen-bond acceptors (Lipinski definition) is 3. The number of nitrogens with zero attached hydrogens (tertiary/aromatic N) is 2. The minimum Gasteiger partial charge on any atom is -0.478 e. The number of aromatic carboxylic acids is 1. The summed E-state index contributed by atoms with van der Waals surface area (Å²) in [5.41, 5.74) is 1.63. The molecule has 0 saturated heterocycles. The van der Waals surface area contributed by atoms with Gasteiger partial charge in [-0.05, 0) is 31.0 Å². The van der Waals surface area contributed by atoms with E-state index in [2.05, 4.69) is 4.98 Å². The largest absolute Gasteiger partial charge is 0.478 e. The van der Waals surface area contributed by atoms with Crippen molar-refractivity contribution >= 4 is 5.97 Å². The second kappa shape index (κ2) is 5.69. The highest BCUT2D eigenvalue weighted by Crippen LogP contribution is 2.08. The number of rotatable bonds is 4. The van der Waals surface area contributed by atoms with E-state index in [1.807, 2.05) is 6.92 Å². The van der Waals surface area contributed by atoms with Crippen molar-refractivity contribution in [2.24, 2.45) is 0 Å². The van der Waals surface area contributed by atoms with Gasteiger partial charge in [0.25, 0.3) is 5.56 Å². The van der Waals surface area contributed by atoms with Gasteiger partial charge in [0.1, 0.15) is 5.82 Å². The Morgan fingerprint density at radius 2 is 2.10 bits per heavy atom. The molecule has 1 aromatic heterocycles. The van der Waals surface area contributed by atoms with E-state index in [4.69, 9.17) is 5.11 Å². The maximum Gasteiger partial charge on any atom is 0.335 e. The summed E-state index contributed by atoms with van der Waals surface area (Å²) in [5.74, 6) is -0.342. The monoisotopic (exact) mass is 272 g/mol. The molecule has 1 N–H and O–H groups in total. The van der Waals surface area contributed by atoms with E-state index in [1.54, 1.807) is 29.7 Å². The van der Waals surface area contributed by atoms with Gasteiger partial charge in [-0.15, -0.1) is 0 Å². The maximum absolute atomic E-state index is 12.0. The normalized spacial score (nSPS) is 10.5. The third kappa shape index (κ3) is 2.93. The van der Waals surface area contributed by atoms with Crippen LogP contribution in [0.2, 0.25) is 0 Å². The molecule has 5 nitrogen and oxygen atoms in total. The van der Waals surface area contributed by atoms with Gasteiger partial charge in [0.15, 0.2) is 0 Å². The SMILES string of the molecule is CCc1cc(=O)n(Cc2cccc(C(=O)O)c2)c(C)n1. The van der Waals surface area contributed by atoms with Crippen LogP contribution >= 0.6 is 0 Å². The van der Waals surface area contributed by atoms with Crippen LogP contribution in [-0.4, -0.2) is 20.6 Å². The highest BCUT2D eigenvalue weighted by atomic mass is 16.4. The molecule has 0 aliphatic heterocycles. The summed E-state index contributed by atoms with van der Waals surface area (Å²) in [6, 6.07) is 8.09. The van der Waals surface area contributed by atoms with Crippen LogP contribution in [0, 0.1) is 6.92 Å². The van der Waals surface area contributed by atoms with Gasteiger partial charge in [-0.1, -0.05) is 19.1 Å². The van der Waals surface area contributed by atoms with E-state index in [-0.39, 0.29) is 11.1 Å². The van der Waals surface area contributed by atoms with Crippen molar-refractivity contribution in [3.8, 4) is 0 Å². The molecular weight excluding hydrogens is 256 g/mol. The summed E-state index contributed by atoms with van der Waals surface area (Å²) in [6.07, 6.45) is 0.714. The summed E-state index contributed by atoms with van der Waals surface area (Å²) >= 11 is 0. The van der Waals surface area contributed by atoms with Crippen LogP contribution < -0.4 is 5.56 Å². The molecule has 5 heteroatoms. The van der Waals surface area contributed by atoms with Crippen molar-refractivity contribution < 1.29 is 9.90 Å². The van der Waals surface area contributed by atoms with Crippen LogP contribution in [0.4, 0.5) is 0 Å². The molecule has 0 unspecified atom stereocenters. The van der Waals surface area contributed by atoms with Gasteiger partial charge in [-0.3, -0.25) is 9.36 Å². The zero-order valence-electron chi connectivity index (χ0n) is 11.5. The van der Waals surface area contributed by atoms with Crippen LogP contribution in [0.15, 0.2) is 35.1 Å². The predicted molar refractivity (Wildman–Crippen MR) is 75.1 cm³/mol. The fourth-order valence-electron chi connectivity index (χ4n) is 2.04. The number of aromatic nitrogens is 2. The molecule has 0 saturated carbocycles. The van der Waals surface area contributed by atoms with Crippen LogP contribution in [0.1, 0.15) is 34.4 Å². The van der Waals surface area contributed by atoms with Gasteiger partial charge in [0.2, 0.25) is 0 Å². The fraction of sp³-hybridized carbons (Fsp3) is 0.267. The molecule has 0 aliphatic rings. The molecule has 20 heavy (non-hydrogen) atoms. The quantitative estimate of drug-likeness (QED) is 0.922. The summed E-state index contributed by atoms with van der Waals surface area (Å²) in [6.45, 7) is 4.05. The zero-order valence-corrected chi connectivity index (χ0v) is 11.5. The molecule has 104 valence electrons. The molecule has 0 bridgehead atoms. The molecule has 2 rings (SSSR count). The van der Waals surface area contributed by atoms with Crippen molar-refractivity contribution in [2.75, 3.05) is 0 Å². The van der Waals surface area contributed by atoms with Crippen LogP contribution in [0.25, 0.3) is 0 Å². The summed E-state index contributed by atoms with van der Waals surface area (Å²) in [4.78, 5) is 27.3. The van der Waals surface area contributed by atoms with Gasteiger partial charge in [-0.25, -0.2) is 9.78 Å². The lowest BCUT2D eigenvalue weighted by molar-refractivity contribution is 0.0696. The van der Waals surface area contributed by atoms with Gasteiger partial charge in [0.05, 0.1) is 12.1 Å². The lowest BCUT2D eigenvalue weighted by Gasteiger charge is -2.10. The van der Waals surface area contributed by atoms with Crippen LogP contribution in [-0.2, 0) is 13.0 Å². The Morgan fingerprint density at radius 1 is 1.35 bits per heavy atom. The predicted octanol–water partition coefficient (Wildman–Crippen LogP) is 1.86. The van der Waals surface area contributed by atoms with Gasteiger partial charge >= 0.3 is 5.97 Å². The molecule has 0 radical (unpaired) electrons.